The predicted molar refractivity (Wildman–Crippen MR) is 76.9 cm³/mol. The van der Waals surface area contributed by atoms with Crippen molar-refractivity contribution in [3.63, 3.8) is 0 Å². The van der Waals surface area contributed by atoms with Crippen LogP contribution in [0.2, 0.25) is 0 Å². The standard InChI is InChI=1S/C15H18N4O2/c20-7-4-13-8-14(18-17-13)12-3-6-19(10-12)15(21)11-2-1-5-16-9-11/h1-2,5,8-9,12,20H,3-4,6-7,10H2,(H,17,18). The maximum Gasteiger partial charge on any atom is 0.255 e. The van der Waals surface area contributed by atoms with E-state index in [4.69, 9.17) is 5.11 Å². The number of amides is 1. The number of aromatic nitrogens is 3. The van der Waals surface area contributed by atoms with Crippen molar-refractivity contribution in [1.29, 1.82) is 0 Å². The minimum absolute atomic E-state index is 0.0247. The van der Waals surface area contributed by atoms with Gasteiger partial charge < -0.3 is 10.0 Å². The lowest BCUT2D eigenvalue weighted by atomic mass is 10.0. The largest absolute Gasteiger partial charge is 0.396 e. The van der Waals surface area contributed by atoms with Gasteiger partial charge in [0.2, 0.25) is 0 Å². The van der Waals surface area contributed by atoms with Crippen molar-refractivity contribution in [2.24, 2.45) is 0 Å². The van der Waals surface area contributed by atoms with Gasteiger partial charge in [-0.3, -0.25) is 14.9 Å². The molecule has 0 bridgehead atoms. The number of aliphatic hydroxyl groups excluding tert-OH is 1. The molecule has 2 N–H and O–H groups in total. The van der Waals surface area contributed by atoms with Crippen molar-refractivity contribution in [1.82, 2.24) is 20.1 Å². The fourth-order valence-electron chi connectivity index (χ4n) is 2.70. The fourth-order valence-corrected chi connectivity index (χ4v) is 2.70. The van der Waals surface area contributed by atoms with Gasteiger partial charge in [0.1, 0.15) is 0 Å². The topological polar surface area (TPSA) is 82.1 Å². The average Bonchev–Trinajstić information content (AvgIpc) is 3.16. The van der Waals surface area contributed by atoms with E-state index in [1.165, 1.54) is 0 Å². The van der Waals surface area contributed by atoms with E-state index in [2.05, 4.69) is 15.2 Å². The van der Waals surface area contributed by atoms with Gasteiger partial charge in [-0.05, 0) is 24.6 Å². The number of carbonyl (C=O) groups is 1. The third-order valence-electron chi connectivity index (χ3n) is 3.83. The molecule has 0 saturated carbocycles. The maximum atomic E-state index is 12.4. The number of rotatable bonds is 4. The van der Waals surface area contributed by atoms with Gasteiger partial charge in [-0.25, -0.2) is 0 Å². The lowest BCUT2D eigenvalue weighted by Gasteiger charge is -2.15. The molecule has 3 heterocycles. The maximum absolute atomic E-state index is 12.4. The van der Waals surface area contributed by atoms with E-state index >= 15 is 0 Å². The first-order valence-electron chi connectivity index (χ1n) is 7.12. The first kappa shape index (κ1) is 13.8. The van der Waals surface area contributed by atoms with Crippen LogP contribution in [0.5, 0.6) is 0 Å². The first-order chi connectivity index (χ1) is 10.3. The number of carbonyl (C=O) groups excluding carboxylic acids is 1. The zero-order chi connectivity index (χ0) is 14.7. The summed E-state index contributed by atoms with van der Waals surface area (Å²) in [4.78, 5) is 18.2. The Hall–Kier alpha value is -2.21. The first-order valence-corrected chi connectivity index (χ1v) is 7.12. The highest BCUT2D eigenvalue weighted by atomic mass is 16.3. The Bertz CT molecular complexity index is 611. The van der Waals surface area contributed by atoms with Crippen molar-refractivity contribution < 1.29 is 9.90 Å². The number of nitrogens with zero attached hydrogens (tertiary/aromatic N) is 3. The number of aromatic amines is 1. The summed E-state index contributed by atoms with van der Waals surface area (Å²) in [6.07, 6.45) is 4.76. The van der Waals surface area contributed by atoms with Crippen molar-refractivity contribution in [2.75, 3.05) is 19.7 Å². The summed E-state index contributed by atoms with van der Waals surface area (Å²) in [6.45, 7) is 1.52. The number of pyridine rings is 1. The summed E-state index contributed by atoms with van der Waals surface area (Å²) in [6, 6.07) is 5.55. The van der Waals surface area contributed by atoms with Crippen LogP contribution in [0.25, 0.3) is 0 Å². The van der Waals surface area contributed by atoms with Crippen molar-refractivity contribution in [3.05, 3.63) is 47.5 Å². The lowest BCUT2D eigenvalue weighted by molar-refractivity contribution is 0.0790. The molecule has 110 valence electrons. The highest BCUT2D eigenvalue weighted by Crippen LogP contribution is 2.27. The molecule has 0 radical (unpaired) electrons. The zero-order valence-electron chi connectivity index (χ0n) is 11.7. The molecule has 1 amide bonds. The highest BCUT2D eigenvalue weighted by Gasteiger charge is 2.29. The van der Waals surface area contributed by atoms with Crippen LogP contribution in [0, 0.1) is 0 Å². The molecule has 1 saturated heterocycles. The Morgan fingerprint density at radius 2 is 2.43 bits per heavy atom. The van der Waals surface area contributed by atoms with Crippen LogP contribution >= 0.6 is 0 Å². The smallest absolute Gasteiger partial charge is 0.255 e. The molecule has 2 aromatic heterocycles. The van der Waals surface area contributed by atoms with Crippen LogP contribution in [0.15, 0.2) is 30.6 Å². The summed E-state index contributed by atoms with van der Waals surface area (Å²) < 4.78 is 0. The van der Waals surface area contributed by atoms with E-state index in [1.54, 1.807) is 24.5 Å². The second-order valence-electron chi connectivity index (χ2n) is 5.27. The van der Waals surface area contributed by atoms with Crippen LogP contribution in [0.1, 0.15) is 34.1 Å². The normalized spacial score (nSPS) is 18.1. The monoisotopic (exact) mass is 286 g/mol. The molecule has 21 heavy (non-hydrogen) atoms. The van der Waals surface area contributed by atoms with Crippen LogP contribution < -0.4 is 0 Å². The minimum Gasteiger partial charge on any atom is -0.396 e. The molecule has 2 aromatic rings. The minimum atomic E-state index is 0.0247. The van der Waals surface area contributed by atoms with Gasteiger partial charge >= 0.3 is 0 Å². The Labute approximate surface area is 122 Å². The lowest BCUT2D eigenvalue weighted by Crippen LogP contribution is -2.28. The molecule has 1 aliphatic heterocycles. The number of nitrogens with one attached hydrogen (secondary N) is 1. The summed E-state index contributed by atoms with van der Waals surface area (Å²) in [7, 11) is 0. The van der Waals surface area contributed by atoms with E-state index in [1.807, 2.05) is 11.0 Å². The number of hydrogen-bond donors (Lipinski definition) is 2. The summed E-state index contributed by atoms with van der Waals surface area (Å²) in [5.74, 6) is 0.283. The van der Waals surface area contributed by atoms with E-state index in [0.717, 1.165) is 24.4 Å². The Morgan fingerprint density at radius 1 is 1.52 bits per heavy atom. The van der Waals surface area contributed by atoms with Crippen LogP contribution in [0.4, 0.5) is 0 Å². The number of hydrogen-bond acceptors (Lipinski definition) is 4. The molecule has 6 heteroatoms. The zero-order valence-corrected chi connectivity index (χ0v) is 11.7. The molecule has 0 aromatic carbocycles. The van der Waals surface area contributed by atoms with Crippen LogP contribution in [0.3, 0.4) is 0 Å². The third-order valence-corrected chi connectivity index (χ3v) is 3.83. The van der Waals surface area contributed by atoms with Gasteiger partial charge in [0.25, 0.3) is 5.91 Å². The molecule has 1 aliphatic rings. The quantitative estimate of drug-likeness (QED) is 0.877. The molecule has 3 rings (SSSR count). The fraction of sp³-hybridized carbons (Fsp3) is 0.400. The summed E-state index contributed by atoms with van der Waals surface area (Å²) in [5, 5.41) is 16.2. The van der Waals surface area contributed by atoms with Gasteiger partial charge in [-0.2, -0.15) is 5.10 Å². The molecule has 1 fully saturated rings. The van der Waals surface area contributed by atoms with E-state index in [9.17, 15) is 4.79 Å². The molecular weight excluding hydrogens is 268 g/mol. The number of aliphatic hydroxyl groups is 1. The van der Waals surface area contributed by atoms with Gasteiger partial charge in [-0.1, -0.05) is 0 Å². The average molecular weight is 286 g/mol. The predicted octanol–water partition coefficient (Wildman–Crippen LogP) is 0.969. The van der Waals surface area contributed by atoms with Gasteiger partial charge in [-0.15, -0.1) is 0 Å². The van der Waals surface area contributed by atoms with E-state index in [0.29, 0.717) is 18.5 Å². The molecule has 1 unspecified atom stereocenters. The van der Waals surface area contributed by atoms with Crippen LogP contribution in [-0.2, 0) is 6.42 Å². The van der Waals surface area contributed by atoms with Gasteiger partial charge in [0.05, 0.1) is 11.3 Å². The second kappa shape index (κ2) is 6.05. The Kier molecular flexibility index (Phi) is 3.96. The Morgan fingerprint density at radius 3 is 3.19 bits per heavy atom. The summed E-state index contributed by atoms with van der Waals surface area (Å²) >= 11 is 0. The Balaban J connectivity index is 1.66. The molecular formula is C15H18N4O2. The number of H-pyrrole nitrogens is 1. The second-order valence-corrected chi connectivity index (χ2v) is 5.27. The van der Waals surface area contributed by atoms with Gasteiger partial charge in [0.15, 0.2) is 0 Å². The molecule has 1 atom stereocenters. The molecule has 6 nitrogen and oxygen atoms in total. The molecule has 0 spiro atoms. The number of likely N-dealkylation sites (tertiary alicyclic amines) is 1. The third kappa shape index (κ3) is 2.95. The van der Waals surface area contributed by atoms with E-state index < -0.39 is 0 Å². The van der Waals surface area contributed by atoms with E-state index in [-0.39, 0.29) is 18.4 Å². The highest BCUT2D eigenvalue weighted by molar-refractivity contribution is 5.94. The van der Waals surface area contributed by atoms with Gasteiger partial charge in [0, 0.05) is 50.1 Å². The van der Waals surface area contributed by atoms with Crippen molar-refractivity contribution in [2.45, 2.75) is 18.8 Å². The molecule has 0 aliphatic carbocycles. The summed E-state index contributed by atoms with van der Waals surface area (Å²) in [5.41, 5.74) is 2.53. The van der Waals surface area contributed by atoms with Crippen molar-refractivity contribution in [3.8, 4) is 0 Å². The van der Waals surface area contributed by atoms with Crippen LogP contribution in [-0.4, -0.2) is 50.8 Å². The SMILES string of the molecule is O=C(c1cccnc1)N1CCC(c2cc(CCO)[nH]n2)C1. The van der Waals surface area contributed by atoms with Crippen molar-refractivity contribution >= 4 is 5.91 Å².